The minimum atomic E-state index is -0.496. The summed E-state index contributed by atoms with van der Waals surface area (Å²) in [5.74, 6) is -0.524. The van der Waals surface area contributed by atoms with Crippen molar-refractivity contribution in [1.82, 2.24) is 14.6 Å². The Morgan fingerprint density at radius 3 is 2.61 bits per heavy atom. The van der Waals surface area contributed by atoms with Crippen molar-refractivity contribution in [3.8, 4) is 11.1 Å². The van der Waals surface area contributed by atoms with Crippen LogP contribution in [0.3, 0.4) is 0 Å². The van der Waals surface area contributed by atoms with Crippen LogP contribution in [0.5, 0.6) is 0 Å². The molecule has 6 nitrogen and oxygen atoms in total. The first-order chi connectivity index (χ1) is 13.4. The number of ether oxygens (including phenoxy) is 1. The van der Waals surface area contributed by atoms with Crippen LogP contribution in [0.4, 0.5) is 0 Å². The van der Waals surface area contributed by atoms with Crippen molar-refractivity contribution in [3.63, 3.8) is 0 Å². The molecule has 2 aromatic heterocycles. The monoisotopic (exact) mass is 417 g/mol. The molecule has 0 N–H and O–H groups in total. The summed E-state index contributed by atoms with van der Waals surface area (Å²) in [6.07, 6.45) is -0.220. The van der Waals surface area contributed by atoms with Gasteiger partial charge in [0.05, 0.1) is 18.1 Å². The summed E-state index contributed by atoms with van der Waals surface area (Å²) >= 11 is 7.34. The van der Waals surface area contributed by atoms with Crippen molar-refractivity contribution in [3.05, 3.63) is 46.7 Å². The summed E-state index contributed by atoms with van der Waals surface area (Å²) in [6, 6.07) is 9.42. The Kier molecular flexibility index (Phi) is 6.36. The lowest BCUT2D eigenvalue weighted by molar-refractivity contribution is -0.145. The van der Waals surface area contributed by atoms with E-state index in [0.717, 1.165) is 33.2 Å². The van der Waals surface area contributed by atoms with Gasteiger partial charge in [-0.05, 0) is 44.5 Å². The molecule has 0 aliphatic rings. The zero-order valence-electron chi connectivity index (χ0n) is 15.9. The Bertz CT molecular complexity index is 1030. The Hall–Kier alpha value is -2.38. The van der Waals surface area contributed by atoms with Crippen LogP contribution in [0, 0.1) is 13.8 Å². The molecule has 8 heteroatoms. The van der Waals surface area contributed by atoms with Crippen LogP contribution in [0.2, 0.25) is 5.02 Å². The molecular weight excluding hydrogens is 398 g/mol. The molecule has 0 amide bonds. The third kappa shape index (κ3) is 4.54. The van der Waals surface area contributed by atoms with E-state index < -0.39 is 5.97 Å². The van der Waals surface area contributed by atoms with Gasteiger partial charge in [-0.3, -0.25) is 9.59 Å². The Morgan fingerprint density at radius 1 is 1.21 bits per heavy atom. The number of thioether (sulfide) groups is 1. The Morgan fingerprint density at radius 2 is 1.93 bits per heavy atom. The lowest BCUT2D eigenvalue weighted by Crippen LogP contribution is -2.13. The number of nitrogens with zero attached hydrogens (tertiary/aromatic N) is 3. The van der Waals surface area contributed by atoms with Crippen LogP contribution in [0.15, 0.2) is 35.4 Å². The molecule has 1 aromatic carbocycles. The number of hydrogen-bond acceptors (Lipinski definition) is 6. The third-order valence-corrected chi connectivity index (χ3v) is 5.33. The van der Waals surface area contributed by atoms with E-state index in [2.05, 4.69) is 10.1 Å². The highest BCUT2D eigenvalue weighted by molar-refractivity contribution is 7.99. The standard InChI is InChI=1S/C20H20ClN3O3S/c1-4-27-18(26)10-16(25)11-28-17-9-12(2)22-20-19(13(3)23-24(17)20)14-5-7-15(21)8-6-14/h5-9H,4,10-11H2,1-3H3. The molecule has 0 spiro atoms. The summed E-state index contributed by atoms with van der Waals surface area (Å²) < 4.78 is 6.57. The van der Waals surface area contributed by atoms with Crippen molar-refractivity contribution in [2.24, 2.45) is 0 Å². The third-order valence-electron chi connectivity index (χ3n) is 4.02. The highest BCUT2D eigenvalue weighted by Gasteiger charge is 2.18. The van der Waals surface area contributed by atoms with Crippen LogP contribution < -0.4 is 0 Å². The minimum Gasteiger partial charge on any atom is -0.466 e. The molecule has 0 atom stereocenters. The van der Waals surface area contributed by atoms with E-state index in [1.54, 1.807) is 11.4 Å². The predicted molar refractivity (Wildman–Crippen MR) is 110 cm³/mol. The summed E-state index contributed by atoms with van der Waals surface area (Å²) in [6.45, 7) is 5.81. The molecule has 3 aromatic rings. The van der Waals surface area contributed by atoms with E-state index in [4.69, 9.17) is 16.3 Å². The van der Waals surface area contributed by atoms with Gasteiger partial charge in [-0.25, -0.2) is 9.50 Å². The maximum absolute atomic E-state index is 12.1. The largest absolute Gasteiger partial charge is 0.466 e. The fourth-order valence-electron chi connectivity index (χ4n) is 2.85. The Balaban J connectivity index is 1.90. The van der Waals surface area contributed by atoms with Gasteiger partial charge in [0.25, 0.3) is 0 Å². The van der Waals surface area contributed by atoms with E-state index in [-0.39, 0.29) is 24.6 Å². The first-order valence-electron chi connectivity index (χ1n) is 8.82. The van der Waals surface area contributed by atoms with Crippen molar-refractivity contribution in [2.75, 3.05) is 12.4 Å². The van der Waals surface area contributed by atoms with Crippen LogP contribution in [0.1, 0.15) is 24.7 Å². The van der Waals surface area contributed by atoms with E-state index in [1.165, 1.54) is 11.8 Å². The lowest BCUT2D eigenvalue weighted by Gasteiger charge is -2.07. The maximum atomic E-state index is 12.1. The maximum Gasteiger partial charge on any atom is 0.313 e. The summed E-state index contributed by atoms with van der Waals surface area (Å²) in [4.78, 5) is 28.2. The number of benzene rings is 1. The van der Waals surface area contributed by atoms with Crippen molar-refractivity contribution in [2.45, 2.75) is 32.2 Å². The number of ketones is 1. The van der Waals surface area contributed by atoms with Crippen molar-refractivity contribution < 1.29 is 14.3 Å². The molecule has 28 heavy (non-hydrogen) atoms. The van der Waals surface area contributed by atoms with E-state index in [9.17, 15) is 9.59 Å². The fraction of sp³-hybridized carbons (Fsp3) is 0.300. The lowest BCUT2D eigenvalue weighted by atomic mass is 10.1. The van der Waals surface area contributed by atoms with Crippen molar-refractivity contribution in [1.29, 1.82) is 0 Å². The van der Waals surface area contributed by atoms with Gasteiger partial charge < -0.3 is 4.74 Å². The van der Waals surface area contributed by atoms with E-state index >= 15 is 0 Å². The smallest absolute Gasteiger partial charge is 0.313 e. The molecule has 0 aliphatic carbocycles. The van der Waals surface area contributed by atoms with Gasteiger partial charge in [0.15, 0.2) is 11.4 Å². The number of hydrogen-bond donors (Lipinski definition) is 0. The van der Waals surface area contributed by atoms with Crippen LogP contribution in [-0.4, -0.2) is 38.7 Å². The predicted octanol–water partition coefficient (Wildman–Crippen LogP) is 4.28. The van der Waals surface area contributed by atoms with Gasteiger partial charge in [-0.1, -0.05) is 35.5 Å². The highest BCUT2D eigenvalue weighted by atomic mass is 35.5. The minimum absolute atomic E-state index is 0.159. The van der Waals surface area contributed by atoms with Gasteiger partial charge in [-0.2, -0.15) is 5.10 Å². The van der Waals surface area contributed by atoms with Gasteiger partial charge in [-0.15, -0.1) is 0 Å². The second-order valence-electron chi connectivity index (χ2n) is 6.25. The number of aromatic nitrogens is 3. The SMILES string of the molecule is CCOC(=O)CC(=O)CSc1cc(C)nc2c(-c3ccc(Cl)cc3)c(C)nn12. The first-order valence-corrected chi connectivity index (χ1v) is 10.2. The topological polar surface area (TPSA) is 73.6 Å². The quantitative estimate of drug-likeness (QED) is 0.247. The molecule has 0 bridgehead atoms. The molecule has 0 aliphatic heterocycles. The molecule has 0 saturated carbocycles. The van der Waals surface area contributed by atoms with Gasteiger partial charge >= 0.3 is 5.97 Å². The molecule has 146 valence electrons. The molecule has 3 rings (SSSR count). The second kappa shape index (κ2) is 8.75. The highest BCUT2D eigenvalue weighted by Crippen LogP contribution is 2.31. The molecule has 0 unspecified atom stereocenters. The van der Waals surface area contributed by atoms with Crippen LogP contribution >= 0.6 is 23.4 Å². The zero-order chi connectivity index (χ0) is 20.3. The van der Waals surface area contributed by atoms with E-state index in [0.29, 0.717) is 5.02 Å². The fourth-order valence-corrected chi connectivity index (χ4v) is 3.89. The van der Waals surface area contributed by atoms with Crippen molar-refractivity contribution >= 4 is 40.8 Å². The number of fused-ring (bicyclic) bond motifs is 1. The van der Waals surface area contributed by atoms with Gasteiger partial charge in [0.1, 0.15) is 11.4 Å². The zero-order valence-corrected chi connectivity index (χ0v) is 17.4. The average molecular weight is 418 g/mol. The number of esters is 1. The average Bonchev–Trinajstić information content (AvgIpc) is 2.96. The number of carbonyl (C=O) groups is 2. The number of Topliss-reactive ketones (excluding diaryl/α,β-unsaturated/α-hetero) is 1. The second-order valence-corrected chi connectivity index (χ2v) is 7.68. The molecule has 0 saturated heterocycles. The number of halogens is 1. The number of aryl methyl sites for hydroxylation is 2. The molecule has 0 fully saturated rings. The summed E-state index contributed by atoms with van der Waals surface area (Å²) in [5, 5.41) is 6.08. The molecular formula is C20H20ClN3O3S. The number of carbonyl (C=O) groups excluding carboxylic acids is 2. The number of rotatable bonds is 7. The van der Waals surface area contributed by atoms with Crippen LogP contribution in [-0.2, 0) is 14.3 Å². The summed E-state index contributed by atoms with van der Waals surface area (Å²) in [7, 11) is 0. The first kappa shape index (κ1) is 20.4. The van der Waals surface area contributed by atoms with Gasteiger partial charge in [0.2, 0.25) is 0 Å². The summed E-state index contributed by atoms with van der Waals surface area (Å²) in [5.41, 5.74) is 4.28. The van der Waals surface area contributed by atoms with Gasteiger partial charge in [0, 0.05) is 16.3 Å². The Labute approximate surface area is 172 Å². The normalized spacial score (nSPS) is 11.0. The van der Waals surface area contributed by atoms with E-state index in [1.807, 2.05) is 44.2 Å². The molecule has 2 heterocycles. The van der Waals surface area contributed by atoms with Crippen LogP contribution in [0.25, 0.3) is 16.8 Å². The molecule has 0 radical (unpaired) electrons.